The van der Waals surface area contributed by atoms with Crippen molar-refractivity contribution >= 4 is 31.7 Å². The minimum Gasteiger partial charge on any atom is -0.265 e. The number of nitrogens with zero attached hydrogens (tertiary/aromatic N) is 2. The van der Waals surface area contributed by atoms with Crippen LogP contribution in [0, 0.1) is 0 Å². The second kappa shape index (κ2) is 6.15. The lowest BCUT2D eigenvalue weighted by Gasteiger charge is -2.05. The molecule has 0 spiro atoms. The third-order valence-electron chi connectivity index (χ3n) is 2.56. The van der Waals surface area contributed by atoms with Gasteiger partial charge in [-0.2, -0.15) is 18.4 Å². The Morgan fingerprint density at radius 2 is 1.75 bits per heavy atom. The standard InChI is InChI=1S/C13H12BrN3O2S/c1-10(11-6-8-15-9-7-11)16-17-20(18,19)13-4-2-12(14)3-5-13/h2-9,17H,1H3/b16-10+. The number of rotatable bonds is 4. The highest BCUT2D eigenvalue weighted by Gasteiger charge is 2.12. The number of hydrogen-bond donors (Lipinski definition) is 1. The second-order valence-electron chi connectivity index (χ2n) is 3.98. The Kier molecular flexibility index (Phi) is 4.51. The van der Waals surface area contributed by atoms with Gasteiger partial charge in [-0.25, -0.2) is 0 Å². The summed E-state index contributed by atoms with van der Waals surface area (Å²) < 4.78 is 24.9. The first kappa shape index (κ1) is 14.7. The molecule has 0 bridgehead atoms. The van der Waals surface area contributed by atoms with Crippen molar-refractivity contribution in [2.45, 2.75) is 11.8 Å². The lowest BCUT2D eigenvalue weighted by Crippen LogP contribution is -2.19. The van der Waals surface area contributed by atoms with E-state index in [4.69, 9.17) is 0 Å². The monoisotopic (exact) mass is 353 g/mol. The van der Waals surface area contributed by atoms with Crippen LogP contribution < -0.4 is 4.83 Å². The molecule has 1 N–H and O–H groups in total. The summed E-state index contributed by atoms with van der Waals surface area (Å²) in [5, 5.41) is 3.90. The van der Waals surface area contributed by atoms with Crippen molar-refractivity contribution in [1.82, 2.24) is 9.82 Å². The molecule has 0 atom stereocenters. The number of sulfonamides is 1. The predicted octanol–water partition coefficient (Wildman–Crippen LogP) is 2.55. The van der Waals surface area contributed by atoms with Gasteiger partial charge in [0, 0.05) is 22.4 Å². The summed E-state index contributed by atoms with van der Waals surface area (Å²) in [7, 11) is -3.65. The first-order valence-electron chi connectivity index (χ1n) is 5.71. The molecule has 2 aromatic rings. The molecule has 1 aromatic carbocycles. The highest BCUT2D eigenvalue weighted by Crippen LogP contribution is 2.14. The van der Waals surface area contributed by atoms with Crippen LogP contribution in [0.1, 0.15) is 12.5 Å². The number of hydrazone groups is 1. The smallest absolute Gasteiger partial charge is 0.265 e. The molecule has 0 saturated heterocycles. The van der Waals surface area contributed by atoms with E-state index in [1.54, 1.807) is 43.6 Å². The van der Waals surface area contributed by atoms with Gasteiger partial charge in [0.05, 0.1) is 10.6 Å². The molecule has 5 nitrogen and oxygen atoms in total. The minimum atomic E-state index is -3.65. The van der Waals surface area contributed by atoms with Crippen LogP contribution in [0.2, 0.25) is 0 Å². The average Bonchev–Trinajstić information content (AvgIpc) is 2.46. The molecule has 1 heterocycles. The number of hydrogen-bond acceptors (Lipinski definition) is 4. The number of benzene rings is 1. The molecule has 2 rings (SSSR count). The number of nitrogens with one attached hydrogen (secondary N) is 1. The maximum Gasteiger partial charge on any atom is 0.276 e. The van der Waals surface area contributed by atoms with Gasteiger partial charge < -0.3 is 0 Å². The molecule has 1 aromatic heterocycles. The van der Waals surface area contributed by atoms with Crippen LogP contribution in [0.4, 0.5) is 0 Å². The third-order valence-corrected chi connectivity index (χ3v) is 4.31. The van der Waals surface area contributed by atoms with Gasteiger partial charge in [-0.3, -0.25) is 4.98 Å². The lowest BCUT2D eigenvalue weighted by molar-refractivity contribution is 0.584. The van der Waals surface area contributed by atoms with Crippen LogP contribution in [-0.4, -0.2) is 19.1 Å². The van der Waals surface area contributed by atoms with Crippen LogP contribution in [-0.2, 0) is 10.0 Å². The molecule has 0 aliphatic heterocycles. The van der Waals surface area contributed by atoms with Gasteiger partial charge in [-0.15, -0.1) is 0 Å². The van der Waals surface area contributed by atoms with E-state index in [1.807, 2.05) is 0 Å². The molecular formula is C13H12BrN3O2S. The van der Waals surface area contributed by atoms with E-state index in [-0.39, 0.29) is 4.90 Å². The summed E-state index contributed by atoms with van der Waals surface area (Å²) in [6, 6.07) is 9.84. The molecule has 0 saturated carbocycles. The largest absolute Gasteiger partial charge is 0.276 e. The van der Waals surface area contributed by atoms with E-state index in [2.05, 4.69) is 30.8 Å². The summed E-state index contributed by atoms with van der Waals surface area (Å²) in [5.74, 6) is 0. The van der Waals surface area contributed by atoms with Gasteiger partial charge in [0.2, 0.25) is 0 Å². The summed E-state index contributed by atoms with van der Waals surface area (Å²) in [6.45, 7) is 1.72. The van der Waals surface area contributed by atoms with E-state index in [1.165, 1.54) is 12.1 Å². The van der Waals surface area contributed by atoms with Crippen LogP contribution in [0.15, 0.2) is 63.3 Å². The topological polar surface area (TPSA) is 71.4 Å². The van der Waals surface area contributed by atoms with Crippen molar-refractivity contribution in [2.24, 2.45) is 5.10 Å². The zero-order valence-electron chi connectivity index (χ0n) is 10.6. The SMILES string of the molecule is C/C(=N\NS(=O)(=O)c1ccc(Br)cc1)c1ccncc1. The van der Waals surface area contributed by atoms with Crippen molar-refractivity contribution in [1.29, 1.82) is 0 Å². The van der Waals surface area contributed by atoms with Gasteiger partial charge in [0.15, 0.2) is 0 Å². The third kappa shape index (κ3) is 3.64. The molecule has 0 amide bonds. The highest BCUT2D eigenvalue weighted by atomic mass is 79.9. The fourth-order valence-electron chi connectivity index (χ4n) is 1.45. The zero-order valence-corrected chi connectivity index (χ0v) is 13.0. The Hall–Kier alpha value is -1.73. The van der Waals surface area contributed by atoms with Crippen molar-refractivity contribution < 1.29 is 8.42 Å². The fraction of sp³-hybridized carbons (Fsp3) is 0.0769. The Bertz CT molecular complexity index is 713. The quantitative estimate of drug-likeness (QED) is 0.678. The second-order valence-corrected chi connectivity index (χ2v) is 6.56. The maximum absolute atomic E-state index is 12.0. The van der Waals surface area contributed by atoms with E-state index in [0.717, 1.165) is 10.0 Å². The Labute approximate surface area is 125 Å². The lowest BCUT2D eigenvalue weighted by atomic mass is 10.2. The van der Waals surface area contributed by atoms with Gasteiger partial charge in [-0.05, 0) is 43.3 Å². The Balaban J connectivity index is 2.19. The van der Waals surface area contributed by atoms with Crippen molar-refractivity contribution in [3.63, 3.8) is 0 Å². The summed E-state index contributed by atoms with van der Waals surface area (Å²) in [5.41, 5.74) is 1.37. The molecule has 7 heteroatoms. The Morgan fingerprint density at radius 3 is 2.35 bits per heavy atom. The molecule has 0 fully saturated rings. The summed E-state index contributed by atoms with van der Waals surface area (Å²) in [4.78, 5) is 6.27. The van der Waals surface area contributed by atoms with Crippen molar-refractivity contribution in [2.75, 3.05) is 0 Å². The molecule has 20 heavy (non-hydrogen) atoms. The zero-order chi connectivity index (χ0) is 14.6. The number of aromatic nitrogens is 1. The normalized spacial score (nSPS) is 12.2. The van der Waals surface area contributed by atoms with E-state index in [9.17, 15) is 8.42 Å². The Morgan fingerprint density at radius 1 is 1.15 bits per heavy atom. The van der Waals surface area contributed by atoms with E-state index < -0.39 is 10.0 Å². The molecule has 0 aliphatic rings. The fourth-order valence-corrected chi connectivity index (χ4v) is 2.57. The molecular weight excluding hydrogens is 342 g/mol. The van der Waals surface area contributed by atoms with Gasteiger partial charge in [-0.1, -0.05) is 15.9 Å². The van der Waals surface area contributed by atoms with Gasteiger partial charge in [0.1, 0.15) is 0 Å². The summed E-state index contributed by atoms with van der Waals surface area (Å²) >= 11 is 3.26. The average molecular weight is 354 g/mol. The van der Waals surface area contributed by atoms with E-state index >= 15 is 0 Å². The molecule has 0 radical (unpaired) electrons. The first-order valence-corrected chi connectivity index (χ1v) is 7.99. The number of pyridine rings is 1. The van der Waals surface area contributed by atoms with Gasteiger partial charge in [0.25, 0.3) is 10.0 Å². The maximum atomic E-state index is 12.0. The molecule has 104 valence electrons. The van der Waals surface area contributed by atoms with E-state index in [0.29, 0.717) is 5.71 Å². The van der Waals surface area contributed by atoms with Crippen molar-refractivity contribution in [3.05, 3.63) is 58.8 Å². The predicted molar refractivity (Wildman–Crippen MR) is 80.9 cm³/mol. The van der Waals surface area contributed by atoms with Gasteiger partial charge >= 0.3 is 0 Å². The minimum absolute atomic E-state index is 0.159. The van der Waals surface area contributed by atoms with Crippen molar-refractivity contribution in [3.8, 4) is 0 Å². The van der Waals surface area contributed by atoms with Crippen LogP contribution in [0.25, 0.3) is 0 Å². The summed E-state index contributed by atoms with van der Waals surface area (Å²) in [6.07, 6.45) is 3.25. The van der Waals surface area contributed by atoms with Crippen LogP contribution in [0.5, 0.6) is 0 Å². The van der Waals surface area contributed by atoms with Crippen LogP contribution >= 0.6 is 15.9 Å². The molecule has 0 aliphatic carbocycles. The number of halogens is 1. The highest BCUT2D eigenvalue weighted by molar-refractivity contribution is 9.10. The molecule has 0 unspecified atom stereocenters. The first-order chi connectivity index (χ1) is 9.49. The van der Waals surface area contributed by atoms with Crippen LogP contribution in [0.3, 0.4) is 0 Å².